The number of halogens is 6. The lowest BCUT2D eigenvalue weighted by Crippen LogP contribution is -2.35. The normalized spacial score (nSPS) is 18.2. The van der Waals surface area contributed by atoms with Gasteiger partial charge in [-0.1, -0.05) is 37.3 Å². The first-order valence-electron chi connectivity index (χ1n) is 12.0. The number of ether oxygens (including phenoxy) is 3. The van der Waals surface area contributed by atoms with Gasteiger partial charge in [0.1, 0.15) is 0 Å². The van der Waals surface area contributed by atoms with Crippen molar-refractivity contribution < 1.29 is 40.6 Å². The second-order valence-electron chi connectivity index (χ2n) is 8.93. The van der Waals surface area contributed by atoms with E-state index in [0.29, 0.717) is 19.3 Å². The average molecular weight is 525 g/mol. The molecular weight excluding hydrogens is 498 g/mol. The van der Waals surface area contributed by atoms with Crippen molar-refractivity contribution in [3.05, 3.63) is 77.4 Å². The molecule has 37 heavy (non-hydrogen) atoms. The first kappa shape index (κ1) is 27.0. The van der Waals surface area contributed by atoms with E-state index in [1.807, 2.05) is 13.8 Å². The second-order valence-corrected chi connectivity index (χ2v) is 8.93. The van der Waals surface area contributed by atoms with E-state index < -0.39 is 41.0 Å². The maximum Gasteiger partial charge on any atom is 0.386 e. The minimum atomic E-state index is -4.06. The summed E-state index contributed by atoms with van der Waals surface area (Å²) in [5.74, 6) is -5.65. The van der Waals surface area contributed by atoms with Crippen molar-refractivity contribution in [2.75, 3.05) is 13.2 Å². The molecule has 0 saturated carbocycles. The third-order valence-electron chi connectivity index (χ3n) is 6.19. The van der Waals surface area contributed by atoms with Gasteiger partial charge in [0.2, 0.25) is 5.82 Å². The van der Waals surface area contributed by atoms with Crippen LogP contribution in [0.4, 0.5) is 26.3 Å². The minimum absolute atomic E-state index is 0.0484. The van der Waals surface area contributed by atoms with Gasteiger partial charge in [-0.25, -0.2) is 13.2 Å². The SMILES string of the molecule is CCCOc1ccc(-c2ccc(-c3ccc(C(F)(F)OC4CCC(C)OC4)c(F)c3F)cc2)c(F)c1F. The molecule has 1 fully saturated rings. The summed E-state index contributed by atoms with van der Waals surface area (Å²) in [6, 6.07) is 9.99. The van der Waals surface area contributed by atoms with Crippen molar-refractivity contribution in [3.63, 3.8) is 0 Å². The first-order chi connectivity index (χ1) is 17.6. The highest BCUT2D eigenvalue weighted by Crippen LogP contribution is 2.38. The van der Waals surface area contributed by atoms with Crippen LogP contribution < -0.4 is 4.74 Å². The Hall–Kier alpha value is -3.04. The van der Waals surface area contributed by atoms with Gasteiger partial charge in [0, 0.05) is 11.1 Å². The number of hydrogen-bond donors (Lipinski definition) is 0. The molecule has 198 valence electrons. The zero-order valence-corrected chi connectivity index (χ0v) is 20.3. The van der Waals surface area contributed by atoms with Gasteiger partial charge in [-0.05, 0) is 55.5 Å². The monoisotopic (exact) mass is 524 g/mol. The maximum atomic E-state index is 14.9. The van der Waals surface area contributed by atoms with Crippen LogP contribution >= 0.6 is 0 Å². The van der Waals surface area contributed by atoms with E-state index in [2.05, 4.69) is 0 Å². The highest BCUT2D eigenvalue weighted by molar-refractivity contribution is 5.71. The summed E-state index contributed by atoms with van der Waals surface area (Å²) >= 11 is 0. The summed E-state index contributed by atoms with van der Waals surface area (Å²) < 4.78 is 103. The van der Waals surface area contributed by atoms with Gasteiger partial charge >= 0.3 is 6.11 Å². The van der Waals surface area contributed by atoms with Crippen LogP contribution in [-0.2, 0) is 15.6 Å². The van der Waals surface area contributed by atoms with Crippen LogP contribution in [0.15, 0.2) is 48.5 Å². The van der Waals surface area contributed by atoms with Gasteiger partial charge in [0.25, 0.3) is 0 Å². The minimum Gasteiger partial charge on any atom is -0.490 e. The zero-order chi connectivity index (χ0) is 26.7. The van der Waals surface area contributed by atoms with Gasteiger partial charge in [-0.2, -0.15) is 13.2 Å². The molecule has 0 spiro atoms. The molecule has 1 aliphatic rings. The molecule has 0 aliphatic carbocycles. The molecule has 0 bridgehead atoms. The maximum absolute atomic E-state index is 14.9. The predicted octanol–water partition coefficient (Wildman–Crippen LogP) is 8.00. The Morgan fingerprint density at radius 2 is 1.41 bits per heavy atom. The van der Waals surface area contributed by atoms with Crippen LogP contribution in [0, 0.1) is 23.3 Å². The van der Waals surface area contributed by atoms with Crippen LogP contribution in [0.2, 0.25) is 0 Å². The fraction of sp³-hybridized carbons (Fsp3) is 0.357. The Bertz CT molecular complexity index is 1240. The topological polar surface area (TPSA) is 27.7 Å². The van der Waals surface area contributed by atoms with Crippen molar-refractivity contribution in [2.24, 2.45) is 0 Å². The van der Waals surface area contributed by atoms with Gasteiger partial charge in [0.15, 0.2) is 23.2 Å². The molecular formula is C28H26F6O3. The average Bonchev–Trinajstić information content (AvgIpc) is 2.88. The van der Waals surface area contributed by atoms with Crippen LogP contribution in [-0.4, -0.2) is 25.4 Å². The van der Waals surface area contributed by atoms with Crippen molar-refractivity contribution in [3.8, 4) is 28.0 Å². The molecule has 2 unspecified atom stereocenters. The lowest BCUT2D eigenvalue weighted by atomic mass is 9.98. The van der Waals surface area contributed by atoms with E-state index in [4.69, 9.17) is 14.2 Å². The molecule has 4 rings (SSSR count). The fourth-order valence-corrected chi connectivity index (χ4v) is 4.13. The number of hydrogen-bond acceptors (Lipinski definition) is 3. The standard InChI is InChI=1S/C28H26F6O3/c1-3-14-35-23-13-11-21(25(30)27(23)32)18-7-5-17(6-8-18)20-10-12-22(26(31)24(20)29)28(33,34)37-19-9-4-16(2)36-15-19/h5-8,10-13,16,19H,3-4,9,14-15H2,1-2H3. The number of rotatable bonds is 8. The largest absolute Gasteiger partial charge is 0.490 e. The molecule has 0 radical (unpaired) electrons. The van der Waals surface area contributed by atoms with E-state index in [-0.39, 0.29) is 47.3 Å². The van der Waals surface area contributed by atoms with Crippen LogP contribution in [0.5, 0.6) is 5.75 Å². The Balaban J connectivity index is 1.56. The Morgan fingerprint density at radius 3 is 1.97 bits per heavy atom. The predicted molar refractivity (Wildman–Crippen MR) is 126 cm³/mol. The van der Waals surface area contributed by atoms with Crippen molar-refractivity contribution in [1.29, 1.82) is 0 Å². The Kier molecular flexibility index (Phi) is 8.14. The van der Waals surface area contributed by atoms with E-state index in [9.17, 15) is 26.3 Å². The third-order valence-corrected chi connectivity index (χ3v) is 6.19. The molecule has 0 N–H and O–H groups in total. The van der Waals surface area contributed by atoms with Crippen molar-refractivity contribution in [1.82, 2.24) is 0 Å². The Morgan fingerprint density at radius 1 is 0.811 bits per heavy atom. The quantitative estimate of drug-likeness (QED) is 0.280. The summed E-state index contributed by atoms with van der Waals surface area (Å²) in [6.45, 7) is 3.81. The fourth-order valence-electron chi connectivity index (χ4n) is 4.13. The van der Waals surface area contributed by atoms with E-state index >= 15 is 0 Å². The molecule has 3 aromatic carbocycles. The Labute approximate surface area is 211 Å². The van der Waals surface area contributed by atoms with Gasteiger partial charge in [-0.3, -0.25) is 0 Å². The van der Waals surface area contributed by atoms with Crippen LogP contribution in [0.25, 0.3) is 22.3 Å². The second kappa shape index (κ2) is 11.1. The summed E-state index contributed by atoms with van der Waals surface area (Å²) in [7, 11) is 0. The highest BCUT2D eigenvalue weighted by Gasteiger charge is 2.41. The van der Waals surface area contributed by atoms with E-state index in [0.717, 1.165) is 12.1 Å². The van der Waals surface area contributed by atoms with Gasteiger partial charge in [0.05, 0.1) is 31.0 Å². The summed E-state index contributed by atoms with van der Waals surface area (Å²) in [4.78, 5) is 0. The van der Waals surface area contributed by atoms with Crippen molar-refractivity contribution in [2.45, 2.75) is 51.4 Å². The lowest BCUT2D eigenvalue weighted by Gasteiger charge is -2.30. The van der Waals surface area contributed by atoms with Crippen molar-refractivity contribution >= 4 is 0 Å². The number of alkyl halides is 2. The molecule has 0 amide bonds. The molecule has 9 heteroatoms. The molecule has 1 saturated heterocycles. The molecule has 3 nitrogen and oxygen atoms in total. The zero-order valence-electron chi connectivity index (χ0n) is 20.3. The lowest BCUT2D eigenvalue weighted by molar-refractivity contribution is -0.289. The van der Waals surface area contributed by atoms with Gasteiger partial charge in [-0.15, -0.1) is 0 Å². The molecule has 3 aromatic rings. The smallest absolute Gasteiger partial charge is 0.386 e. The summed E-state index contributed by atoms with van der Waals surface area (Å²) in [5, 5.41) is 0. The van der Waals surface area contributed by atoms with Crippen LogP contribution in [0.3, 0.4) is 0 Å². The van der Waals surface area contributed by atoms with E-state index in [1.165, 1.54) is 36.4 Å². The van der Waals surface area contributed by atoms with E-state index in [1.54, 1.807) is 0 Å². The molecule has 0 aromatic heterocycles. The highest BCUT2D eigenvalue weighted by atomic mass is 19.3. The number of benzene rings is 3. The van der Waals surface area contributed by atoms with Gasteiger partial charge < -0.3 is 14.2 Å². The molecule has 2 atom stereocenters. The van der Waals surface area contributed by atoms with Crippen LogP contribution in [0.1, 0.15) is 38.7 Å². The molecule has 1 aliphatic heterocycles. The summed E-state index contributed by atoms with van der Waals surface area (Å²) in [6.07, 6.45) is -3.64. The summed E-state index contributed by atoms with van der Waals surface area (Å²) in [5.41, 5.74) is -1.09. The molecule has 1 heterocycles. The first-order valence-corrected chi connectivity index (χ1v) is 12.0. The third kappa shape index (κ3) is 5.78.